The number of para-hydroxylation sites is 1. The minimum atomic E-state index is -4.53. The molecule has 1 heterocycles. The molecule has 1 aliphatic rings. The fraction of sp³-hybridized carbons (Fsp3) is 0.611. The van der Waals surface area contributed by atoms with Gasteiger partial charge in [0.1, 0.15) is 5.75 Å². The lowest BCUT2D eigenvalue weighted by Gasteiger charge is -2.33. The number of ether oxygens (including phenoxy) is 2. The van der Waals surface area contributed by atoms with Gasteiger partial charge in [0.25, 0.3) is 5.91 Å². The summed E-state index contributed by atoms with van der Waals surface area (Å²) in [7, 11) is 0. The molecule has 1 atom stereocenters. The van der Waals surface area contributed by atoms with E-state index in [9.17, 15) is 18.0 Å². The summed E-state index contributed by atoms with van der Waals surface area (Å²) in [5, 5.41) is 0. The Hall–Kier alpha value is -1.80. The van der Waals surface area contributed by atoms with Crippen LogP contribution in [-0.2, 0) is 15.7 Å². The minimum Gasteiger partial charge on any atom is -0.480 e. The predicted molar refractivity (Wildman–Crippen MR) is 90.8 cm³/mol. The van der Waals surface area contributed by atoms with Crippen LogP contribution in [0.4, 0.5) is 13.2 Å². The molecule has 0 spiro atoms. The summed E-state index contributed by atoms with van der Waals surface area (Å²) in [6, 6.07) is 4.91. The Morgan fingerprint density at radius 1 is 1.31 bits per heavy atom. The number of carbonyl (C=O) groups excluding carboxylic acids is 1. The van der Waals surface area contributed by atoms with E-state index in [0.29, 0.717) is 39.1 Å². The third kappa shape index (κ3) is 5.60. The Labute approximate surface area is 151 Å². The van der Waals surface area contributed by atoms with Crippen LogP contribution in [0, 0.1) is 0 Å². The van der Waals surface area contributed by atoms with Crippen molar-refractivity contribution in [2.75, 3.05) is 26.2 Å². The van der Waals surface area contributed by atoms with E-state index in [4.69, 9.17) is 15.2 Å². The molecule has 1 amide bonds. The normalized spacial score (nSPS) is 17.2. The number of hydrogen-bond acceptors (Lipinski definition) is 4. The molecule has 8 heteroatoms. The molecule has 0 saturated carbocycles. The molecule has 0 radical (unpaired) electrons. The van der Waals surface area contributed by atoms with E-state index >= 15 is 0 Å². The van der Waals surface area contributed by atoms with Gasteiger partial charge in [-0.05, 0) is 44.9 Å². The summed E-state index contributed by atoms with van der Waals surface area (Å²) in [5.41, 5.74) is 4.54. The first-order valence-corrected chi connectivity index (χ1v) is 8.76. The maximum Gasteiger partial charge on any atom is 0.419 e. The van der Waals surface area contributed by atoms with Crippen LogP contribution in [0.2, 0.25) is 0 Å². The number of amides is 1. The van der Waals surface area contributed by atoms with Crippen LogP contribution in [-0.4, -0.2) is 49.3 Å². The molecule has 0 aromatic heterocycles. The van der Waals surface area contributed by atoms with E-state index in [1.807, 2.05) is 0 Å². The molecule has 0 bridgehead atoms. The molecule has 2 rings (SSSR count). The number of rotatable bonds is 7. The average Bonchev–Trinajstić information content (AvgIpc) is 2.61. The second kappa shape index (κ2) is 9.23. The lowest BCUT2D eigenvalue weighted by molar-refractivity contribution is -0.145. The van der Waals surface area contributed by atoms with Crippen molar-refractivity contribution in [1.82, 2.24) is 4.90 Å². The van der Waals surface area contributed by atoms with Gasteiger partial charge in [-0.2, -0.15) is 13.2 Å². The van der Waals surface area contributed by atoms with Gasteiger partial charge in [0, 0.05) is 19.7 Å². The maximum atomic E-state index is 13.0. The van der Waals surface area contributed by atoms with Crippen LogP contribution in [0.3, 0.4) is 0 Å². The molecule has 1 aliphatic heterocycles. The summed E-state index contributed by atoms with van der Waals surface area (Å²) in [4.78, 5) is 14.1. The molecular formula is C18H25F3N2O3. The van der Waals surface area contributed by atoms with Gasteiger partial charge in [-0.25, -0.2) is 0 Å². The van der Waals surface area contributed by atoms with Gasteiger partial charge >= 0.3 is 6.18 Å². The smallest absolute Gasteiger partial charge is 0.419 e. The molecule has 1 saturated heterocycles. The summed E-state index contributed by atoms with van der Waals surface area (Å²) >= 11 is 0. The number of hydrogen-bond donors (Lipinski definition) is 1. The van der Waals surface area contributed by atoms with Crippen molar-refractivity contribution in [1.29, 1.82) is 0 Å². The molecule has 26 heavy (non-hydrogen) atoms. The SMILES string of the molecule is CC(Oc1ccccc1C(F)(F)F)C(=O)N1CCC(OCCCN)CC1. The zero-order valence-corrected chi connectivity index (χ0v) is 14.8. The van der Waals surface area contributed by atoms with Gasteiger partial charge < -0.3 is 20.1 Å². The Balaban J connectivity index is 1.89. The van der Waals surface area contributed by atoms with Gasteiger partial charge in [-0.15, -0.1) is 0 Å². The highest BCUT2D eigenvalue weighted by Crippen LogP contribution is 2.36. The number of piperidine rings is 1. The van der Waals surface area contributed by atoms with E-state index in [1.165, 1.54) is 25.1 Å². The van der Waals surface area contributed by atoms with E-state index in [2.05, 4.69) is 0 Å². The first-order valence-electron chi connectivity index (χ1n) is 8.76. The number of nitrogens with zero attached hydrogens (tertiary/aromatic N) is 1. The maximum absolute atomic E-state index is 13.0. The molecular weight excluding hydrogens is 349 g/mol. The van der Waals surface area contributed by atoms with Crippen molar-refractivity contribution in [3.05, 3.63) is 29.8 Å². The Kier molecular flexibility index (Phi) is 7.28. The highest BCUT2D eigenvalue weighted by molar-refractivity contribution is 5.81. The summed E-state index contributed by atoms with van der Waals surface area (Å²) in [5.74, 6) is -0.650. The standard InChI is InChI=1S/C18H25F3N2O3/c1-13(26-16-6-3-2-5-15(16)18(19,20)21)17(24)23-10-7-14(8-11-23)25-12-4-9-22/h2-3,5-6,13-14H,4,7-12,22H2,1H3. The van der Waals surface area contributed by atoms with Gasteiger partial charge in [0.15, 0.2) is 6.10 Å². The second-order valence-electron chi connectivity index (χ2n) is 6.29. The summed E-state index contributed by atoms with van der Waals surface area (Å²) in [6.45, 7) is 3.65. The zero-order chi connectivity index (χ0) is 19.2. The molecule has 146 valence electrons. The van der Waals surface area contributed by atoms with E-state index in [0.717, 1.165) is 12.5 Å². The fourth-order valence-electron chi connectivity index (χ4n) is 2.88. The average molecular weight is 374 g/mol. The van der Waals surface area contributed by atoms with Crippen LogP contribution < -0.4 is 10.5 Å². The predicted octanol–water partition coefficient (Wildman–Crippen LogP) is 2.83. The number of nitrogens with two attached hydrogens (primary N) is 1. The molecule has 1 unspecified atom stereocenters. The van der Waals surface area contributed by atoms with Crippen molar-refractivity contribution in [3.8, 4) is 5.75 Å². The van der Waals surface area contributed by atoms with Crippen molar-refractivity contribution >= 4 is 5.91 Å². The lowest BCUT2D eigenvalue weighted by Crippen LogP contribution is -2.46. The van der Waals surface area contributed by atoms with Gasteiger partial charge in [0.05, 0.1) is 11.7 Å². The number of carbonyl (C=O) groups is 1. The Morgan fingerprint density at radius 3 is 2.58 bits per heavy atom. The molecule has 1 aromatic carbocycles. The van der Waals surface area contributed by atoms with Gasteiger partial charge in [-0.1, -0.05) is 12.1 Å². The molecule has 1 aromatic rings. The van der Waals surface area contributed by atoms with Crippen molar-refractivity contribution in [2.45, 2.75) is 44.6 Å². The highest BCUT2D eigenvalue weighted by atomic mass is 19.4. The lowest BCUT2D eigenvalue weighted by atomic mass is 10.1. The highest BCUT2D eigenvalue weighted by Gasteiger charge is 2.35. The number of alkyl halides is 3. The molecule has 5 nitrogen and oxygen atoms in total. The largest absolute Gasteiger partial charge is 0.480 e. The van der Waals surface area contributed by atoms with Crippen molar-refractivity contribution in [2.24, 2.45) is 5.73 Å². The van der Waals surface area contributed by atoms with Crippen LogP contribution in [0.25, 0.3) is 0 Å². The van der Waals surface area contributed by atoms with Gasteiger partial charge in [0.2, 0.25) is 0 Å². The Bertz CT molecular complexity index is 587. The third-order valence-electron chi connectivity index (χ3n) is 4.30. The molecule has 0 aliphatic carbocycles. The minimum absolute atomic E-state index is 0.0905. The zero-order valence-electron chi connectivity index (χ0n) is 14.8. The van der Waals surface area contributed by atoms with E-state index in [-0.39, 0.29) is 17.8 Å². The summed E-state index contributed by atoms with van der Waals surface area (Å²) in [6.07, 6.45) is -3.24. The van der Waals surface area contributed by atoms with Crippen molar-refractivity contribution < 1.29 is 27.4 Å². The van der Waals surface area contributed by atoms with Crippen LogP contribution >= 0.6 is 0 Å². The monoisotopic (exact) mass is 374 g/mol. The van der Waals surface area contributed by atoms with E-state index in [1.54, 1.807) is 4.90 Å². The topological polar surface area (TPSA) is 64.8 Å². The molecule has 1 fully saturated rings. The third-order valence-corrected chi connectivity index (χ3v) is 4.30. The summed E-state index contributed by atoms with van der Waals surface area (Å²) < 4.78 is 50.1. The molecule has 2 N–H and O–H groups in total. The Morgan fingerprint density at radius 2 is 1.96 bits per heavy atom. The first kappa shape index (κ1) is 20.5. The number of benzene rings is 1. The first-order chi connectivity index (χ1) is 12.3. The van der Waals surface area contributed by atoms with E-state index < -0.39 is 17.8 Å². The number of likely N-dealkylation sites (tertiary alicyclic amines) is 1. The quantitative estimate of drug-likeness (QED) is 0.746. The van der Waals surface area contributed by atoms with Gasteiger partial charge in [-0.3, -0.25) is 4.79 Å². The van der Waals surface area contributed by atoms with Crippen LogP contribution in [0.5, 0.6) is 5.75 Å². The number of halogens is 3. The van der Waals surface area contributed by atoms with Crippen molar-refractivity contribution in [3.63, 3.8) is 0 Å². The fourth-order valence-corrected chi connectivity index (χ4v) is 2.88. The van der Waals surface area contributed by atoms with Crippen LogP contribution in [0.1, 0.15) is 31.7 Å². The second-order valence-corrected chi connectivity index (χ2v) is 6.29. The van der Waals surface area contributed by atoms with Crippen LogP contribution in [0.15, 0.2) is 24.3 Å².